The van der Waals surface area contributed by atoms with Gasteiger partial charge >= 0.3 is 9.15 Å². The summed E-state index contributed by atoms with van der Waals surface area (Å²) in [7, 11) is -9.08. The van der Waals surface area contributed by atoms with E-state index in [9.17, 15) is 12.6 Å². The molecule has 0 spiro atoms. The molecule has 0 atom stereocenters. The minimum absolute atomic E-state index is 0.242. The highest BCUT2D eigenvalue weighted by molar-refractivity contribution is 9.22. The van der Waals surface area contributed by atoms with Crippen molar-refractivity contribution in [1.82, 2.24) is 0 Å². The molecule has 1 radical (unpaired) electrons. The van der Waals surface area contributed by atoms with E-state index in [0.29, 0.717) is 0 Å². The number of hydrogen-bond donors (Lipinski definition) is 3. The van der Waals surface area contributed by atoms with Crippen LogP contribution in [-0.2, 0) is 18.7 Å². The average molecular weight is 227 g/mol. The zero-order valence-electron chi connectivity index (χ0n) is 4.20. The van der Waals surface area contributed by atoms with Gasteiger partial charge < -0.3 is 0 Å². The van der Waals surface area contributed by atoms with Crippen molar-refractivity contribution in [2.45, 2.75) is 0 Å². The van der Waals surface area contributed by atoms with Crippen molar-refractivity contribution < 1.29 is 26.3 Å². The fourth-order valence-electron chi connectivity index (χ4n) is 0.0713. The van der Waals surface area contributed by atoms with Gasteiger partial charge in [-0.3, -0.25) is 13.7 Å². The molecule has 0 aromatic carbocycles. The van der Waals surface area contributed by atoms with E-state index in [-0.39, 0.29) is 19.7 Å². The SMILES string of the molecule is O=[S](O)(O)SSS(=O)(=O)O. The van der Waals surface area contributed by atoms with Gasteiger partial charge in [-0.15, -0.1) is 0 Å². The van der Waals surface area contributed by atoms with Crippen LogP contribution >= 0.6 is 19.7 Å². The normalized spacial score (nSPS) is 13.5. The Kier molecular flexibility index (Phi) is 3.61. The molecule has 10 heavy (non-hydrogen) atoms. The number of hydrogen-bond acceptors (Lipinski definition) is 5. The van der Waals surface area contributed by atoms with Gasteiger partial charge in [-0.05, 0) is 0 Å². The van der Waals surface area contributed by atoms with Gasteiger partial charge in [0.25, 0.3) is 0 Å². The molecular weight excluding hydrogens is 224 g/mol. The lowest BCUT2D eigenvalue weighted by Gasteiger charge is -2.00. The lowest BCUT2D eigenvalue weighted by atomic mass is 15.8. The van der Waals surface area contributed by atoms with Crippen LogP contribution in [0.3, 0.4) is 0 Å². The largest absolute Gasteiger partial charge is 0.330 e. The zero-order valence-corrected chi connectivity index (χ0v) is 7.47. The summed E-state index contributed by atoms with van der Waals surface area (Å²) < 4.78 is 53.6. The maximum Gasteiger partial charge on any atom is 0.330 e. The van der Waals surface area contributed by atoms with Gasteiger partial charge in [-0.25, -0.2) is 4.21 Å². The summed E-state index contributed by atoms with van der Waals surface area (Å²) in [4.78, 5) is 0. The summed E-state index contributed by atoms with van der Waals surface area (Å²) in [5.74, 6) is 0. The Morgan fingerprint density at radius 3 is 1.40 bits per heavy atom. The van der Waals surface area contributed by atoms with E-state index in [1.165, 1.54) is 0 Å². The van der Waals surface area contributed by atoms with Crippen molar-refractivity contribution in [2.24, 2.45) is 0 Å². The van der Waals surface area contributed by atoms with E-state index in [4.69, 9.17) is 13.7 Å². The Hall–Kier alpha value is 0.680. The van der Waals surface area contributed by atoms with Crippen LogP contribution in [0.15, 0.2) is 0 Å². The van der Waals surface area contributed by atoms with Crippen LogP contribution in [0.5, 0.6) is 0 Å². The molecule has 6 nitrogen and oxygen atoms in total. The number of rotatable bonds is 3. The lowest BCUT2D eigenvalue weighted by molar-refractivity contribution is 0.446. The van der Waals surface area contributed by atoms with E-state index in [0.717, 1.165) is 0 Å². The molecule has 0 fully saturated rings. The van der Waals surface area contributed by atoms with E-state index in [2.05, 4.69) is 0 Å². The van der Waals surface area contributed by atoms with Crippen LogP contribution < -0.4 is 0 Å². The molecule has 0 unspecified atom stereocenters. The molecule has 0 bridgehead atoms. The fourth-order valence-corrected chi connectivity index (χ4v) is 5.77. The van der Waals surface area contributed by atoms with Crippen LogP contribution in [0.25, 0.3) is 0 Å². The third kappa shape index (κ3) is 8.68. The van der Waals surface area contributed by atoms with E-state index in [1.807, 2.05) is 0 Å². The second-order valence-corrected chi connectivity index (χ2v) is 8.87. The van der Waals surface area contributed by atoms with Crippen LogP contribution in [-0.4, -0.2) is 26.3 Å². The summed E-state index contributed by atoms with van der Waals surface area (Å²) in [6.07, 6.45) is 0. The minimum atomic E-state index is -4.38. The Labute approximate surface area is 64.8 Å². The van der Waals surface area contributed by atoms with Crippen LogP contribution in [0.1, 0.15) is 0 Å². The maximum absolute atomic E-state index is 9.91. The molecule has 0 rings (SSSR count). The molecule has 0 amide bonds. The maximum atomic E-state index is 9.91. The Morgan fingerprint density at radius 2 is 1.30 bits per heavy atom. The topological polar surface area (TPSA) is 112 Å². The molecule has 0 aliphatic rings. The third-order valence-corrected chi connectivity index (χ3v) is 6.96. The van der Waals surface area contributed by atoms with Gasteiger partial charge in [-0.1, -0.05) is 0 Å². The highest BCUT2D eigenvalue weighted by Gasteiger charge is 2.16. The van der Waals surface area contributed by atoms with Crippen molar-refractivity contribution in [2.75, 3.05) is 0 Å². The molecule has 0 aliphatic carbocycles. The van der Waals surface area contributed by atoms with Crippen LogP contribution in [0.4, 0.5) is 0 Å². The third-order valence-electron chi connectivity index (χ3n) is 0.202. The predicted molar refractivity (Wildman–Crippen MR) is 40.1 cm³/mol. The first-order valence-electron chi connectivity index (χ1n) is 1.55. The highest BCUT2D eigenvalue weighted by atomic mass is 33.7. The molecule has 0 aromatic rings. The summed E-state index contributed by atoms with van der Waals surface area (Å²) in [6, 6.07) is 0. The fraction of sp³-hybridized carbons (Fsp3) is 0. The van der Waals surface area contributed by atoms with Gasteiger partial charge in [0.1, 0.15) is 0 Å². The summed E-state index contributed by atoms with van der Waals surface area (Å²) in [5.41, 5.74) is 0. The quantitative estimate of drug-likeness (QED) is 0.466. The van der Waals surface area contributed by atoms with Gasteiger partial charge in [-0.2, -0.15) is 8.42 Å². The monoisotopic (exact) mass is 227 g/mol. The van der Waals surface area contributed by atoms with Crippen LogP contribution in [0.2, 0.25) is 0 Å². The van der Waals surface area contributed by atoms with Crippen LogP contribution in [0, 0.1) is 0 Å². The molecule has 0 aliphatic heterocycles. The second kappa shape index (κ2) is 3.38. The molecular formula is H3O6S4. The van der Waals surface area contributed by atoms with E-state index >= 15 is 0 Å². The van der Waals surface area contributed by atoms with Gasteiger partial charge in [0.2, 0.25) is 9.53 Å². The summed E-state index contributed by atoms with van der Waals surface area (Å²) >= 11 is 0. The molecule has 0 aromatic heterocycles. The first kappa shape index (κ1) is 10.7. The Bertz CT molecular complexity index is 228. The van der Waals surface area contributed by atoms with Crippen molar-refractivity contribution >= 4 is 38.3 Å². The van der Waals surface area contributed by atoms with Crippen molar-refractivity contribution in [3.05, 3.63) is 0 Å². The van der Waals surface area contributed by atoms with Gasteiger partial charge in [0.05, 0.1) is 19.7 Å². The zero-order chi connectivity index (χ0) is 8.41. The van der Waals surface area contributed by atoms with Gasteiger partial charge in [0, 0.05) is 0 Å². The minimum Gasteiger partial charge on any atom is -0.288 e. The predicted octanol–water partition coefficient (Wildman–Crippen LogP) is 0.316. The molecule has 63 valence electrons. The van der Waals surface area contributed by atoms with Gasteiger partial charge in [0.15, 0.2) is 0 Å². The standard InChI is InChI=1S/H3O6S4/c1-9(2,3)7-8-10(4,5)6/h(H,1,2,3)(H2,4,5,6). The smallest absolute Gasteiger partial charge is 0.288 e. The van der Waals surface area contributed by atoms with E-state index < -0.39 is 18.7 Å². The molecule has 10 heteroatoms. The second-order valence-electron chi connectivity index (χ2n) is 1.01. The first-order chi connectivity index (χ1) is 4.21. The highest BCUT2D eigenvalue weighted by Crippen LogP contribution is 2.33. The molecule has 0 heterocycles. The Morgan fingerprint density at radius 1 is 0.900 bits per heavy atom. The van der Waals surface area contributed by atoms with Crippen molar-refractivity contribution in [3.63, 3.8) is 0 Å². The molecule has 3 N–H and O–H groups in total. The average Bonchev–Trinajstić information content (AvgIpc) is 1.57. The molecule has 0 saturated heterocycles. The molecule has 0 saturated carbocycles. The first-order valence-corrected chi connectivity index (χ1v) is 7.64. The lowest BCUT2D eigenvalue weighted by Crippen LogP contribution is -1.99. The Balaban J connectivity index is 3.92. The summed E-state index contributed by atoms with van der Waals surface area (Å²) in [5, 5.41) is 0. The van der Waals surface area contributed by atoms with Crippen molar-refractivity contribution in [3.8, 4) is 0 Å². The summed E-state index contributed by atoms with van der Waals surface area (Å²) in [6.45, 7) is 0. The van der Waals surface area contributed by atoms with Crippen molar-refractivity contribution in [1.29, 1.82) is 0 Å². The van der Waals surface area contributed by atoms with E-state index in [1.54, 1.807) is 0 Å².